The summed E-state index contributed by atoms with van der Waals surface area (Å²) >= 11 is 0.930. The molecule has 5 nitrogen and oxygen atoms in total. The molecular weight excluding hydrogens is 327 g/mol. The molecule has 22 heavy (non-hydrogen) atoms. The van der Waals surface area contributed by atoms with Crippen molar-refractivity contribution < 1.29 is 12.8 Å². The molecule has 8 heteroatoms. The Balaban J connectivity index is 1.99. The third-order valence-electron chi connectivity index (χ3n) is 3.13. The number of nitrogens with one attached hydrogen (secondary N) is 2. The fourth-order valence-electron chi connectivity index (χ4n) is 1.96. The number of anilines is 1. The molecule has 0 unspecified atom stereocenters. The Morgan fingerprint density at radius 3 is 2.68 bits per heavy atom. The molecule has 1 heterocycles. The smallest absolute Gasteiger partial charge is 0.305 e. The SMILES string of the molecule is Cc1ccc(NS(=O)(=O)c2ccc3[nH]c(=O)sc3c2)cc1F. The van der Waals surface area contributed by atoms with Gasteiger partial charge in [0.2, 0.25) is 0 Å². The highest BCUT2D eigenvalue weighted by Gasteiger charge is 2.16. The van der Waals surface area contributed by atoms with Crippen LogP contribution >= 0.6 is 11.3 Å². The second kappa shape index (κ2) is 5.22. The van der Waals surface area contributed by atoms with Gasteiger partial charge < -0.3 is 4.98 Å². The summed E-state index contributed by atoms with van der Waals surface area (Å²) < 4.78 is 41.0. The largest absolute Gasteiger partial charge is 0.312 e. The number of fused-ring (bicyclic) bond motifs is 1. The molecule has 0 aliphatic rings. The summed E-state index contributed by atoms with van der Waals surface area (Å²) in [5.74, 6) is -0.487. The van der Waals surface area contributed by atoms with Crippen molar-refractivity contribution in [1.29, 1.82) is 0 Å². The Hall–Kier alpha value is -2.19. The zero-order chi connectivity index (χ0) is 15.9. The van der Waals surface area contributed by atoms with E-state index in [4.69, 9.17) is 0 Å². The number of rotatable bonds is 3. The maximum atomic E-state index is 13.5. The van der Waals surface area contributed by atoms with Crippen molar-refractivity contribution in [2.45, 2.75) is 11.8 Å². The topological polar surface area (TPSA) is 79.0 Å². The predicted octanol–water partition coefficient (Wildman–Crippen LogP) is 2.84. The summed E-state index contributed by atoms with van der Waals surface area (Å²) in [4.78, 5) is 13.6. The molecule has 0 saturated heterocycles. The van der Waals surface area contributed by atoms with Crippen molar-refractivity contribution in [3.8, 4) is 0 Å². The maximum Gasteiger partial charge on any atom is 0.305 e. The van der Waals surface area contributed by atoms with E-state index < -0.39 is 15.8 Å². The highest BCUT2D eigenvalue weighted by molar-refractivity contribution is 7.92. The number of H-pyrrole nitrogens is 1. The predicted molar refractivity (Wildman–Crippen MR) is 84.4 cm³/mol. The Kier molecular flexibility index (Phi) is 3.50. The molecule has 0 aliphatic heterocycles. The molecule has 3 aromatic rings. The number of benzene rings is 2. The minimum atomic E-state index is -3.85. The normalized spacial score (nSPS) is 11.7. The molecule has 2 N–H and O–H groups in total. The number of aryl methyl sites for hydroxylation is 1. The monoisotopic (exact) mass is 338 g/mol. The van der Waals surface area contributed by atoms with Gasteiger partial charge in [0, 0.05) is 0 Å². The lowest BCUT2D eigenvalue weighted by Gasteiger charge is -2.09. The van der Waals surface area contributed by atoms with Gasteiger partial charge in [-0.15, -0.1) is 0 Å². The molecule has 0 saturated carbocycles. The third-order valence-corrected chi connectivity index (χ3v) is 5.35. The molecule has 2 aromatic carbocycles. The maximum absolute atomic E-state index is 13.5. The van der Waals surface area contributed by atoms with Gasteiger partial charge in [0.05, 0.1) is 20.8 Å². The van der Waals surface area contributed by atoms with Crippen LogP contribution in [0.15, 0.2) is 46.1 Å². The Morgan fingerprint density at radius 1 is 1.18 bits per heavy atom. The minimum Gasteiger partial charge on any atom is -0.312 e. The van der Waals surface area contributed by atoms with Crippen LogP contribution in [0.5, 0.6) is 0 Å². The van der Waals surface area contributed by atoms with E-state index in [1.54, 1.807) is 6.92 Å². The molecule has 0 radical (unpaired) electrons. The van der Waals surface area contributed by atoms with Gasteiger partial charge in [-0.1, -0.05) is 17.4 Å². The molecule has 0 fully saturated rings. The Bertz CT molecular complexity index is 1020. The standard InChI is InChI=1S/C14H11FN2O3S2/c1-8-2-3-9(6-11(8)15)17-22(19,20)10-4-5-12-13(7-10)21-14(18)16-12/h2-7,17H,1H3,(H,16,18). The van der Waals surface area contributed by atoms with E-state index in [1.165, 1.54) is 30.3 Å². The van der Waals surface area contributed by atoms with Crippen LogP contribution in [0.2, 0.25) is 0 Å². The van der Waals surface area contributed by atoms with E-state index in [0.29, 0.717) is 15.8 Å². The molecular formula is C14H11FN2O3S2. The molecule has 0 amide bonds. The minimum absolute atomic E-state index is 0.0104. The first-order valence-electron chi connectivity index (χ1n) is 6.27. The molecule has 0 bridgehead atoms. The van der Waals surface area contributed by atoms with E-state index in [0.717, 1.165) is 17.4 Å². The van der Waals surface area contributed by atoms with Crippen molar-refractivity contribution in [2.75, 3.05) is 4.72 Å². The van der Waals surface area contributed by atoms with E-state index in [2.05, 4.69) is 9.71 Å². The van der Waals surface area contributed by atoms with E-state index >= 15 is 0 Å². The van der Waals surface area contributed by atoms with Crippen molar-refractivity contribution in [3.05, 3.63) is 57.4 Å². The van der Waals surface area contributed by atoms with Gasteiger partial charge in [-0.3, -0.25) is 9.52 Å². The van der Waals surface area contributed by atoms with Crippen LogP contribution in [0.25, 0.3) is 10.2 Å². The lowest BCUT2D eigenvalue weighted by atomic mass is 10.2. The average Bonchev–Trinajstić information content (AvgIpc) is 2.81. The fraction of sp³-hybridized carbons (Fsp3) is 0.0714. The van der Waals surface area contributed by atoms with E-state index in [-0.39, 0.29) is 15.5 Å². The van der Waals surface area contributed by atoms with Gasteiger partial charge in [0.25, 0.3) is 10.0 Å². The summed E-state index contributed by atoms with van der Waals surface area (Å²) in [5, 5.41) is 0. The summed E-state index contributed by atoms with van der Waals surface area (Å²) in [5.41, 5.74) is 1.15. The second-order valence-corrected chi connectivity index (χ2v) is 7.44. The second-order valence-electron chi connectivity index (χ2n) is 4.74. The van der Waals surface area contributed by atoms with E-state index in [1.807, 2.05) is 0 Å². The van der Waals surface area contributed by atoms with Crippen LogP contribution in [0.4, 0.5) is 10.1 Å². The zero-order valence-corrected chi connectivity index (χ0v) is 13.0. The first kappa shape index (κ1) is 14.7. The number of sulfonamides is 1. The van der Waals surface area contributed by atoms with Crippen LogP contribution < -0.4 is 9.60 Å². The molecule has 114 valence electrons. The lowest BCUT2D eigenvalue weighted by molar-refractivity contribution is 0.601. The number of aromatic nitrogens is 1. The van der Waals surface area contributed by atoms with Crippen molar-refractivity contribution in [1.82, 2.24) is 4.98 Å². The molecule has 0 aliphatic carbocycles. The van der Waals surface area contributed by atoms with Crippen LogP contribution in [0.1, 0.15) is 5.56 Å². The van der Waals surface area contributed by atoms with Gasteiger partial charge in [0.1, 0.15) is 5.82 Å². The van der Waals surface area contributed by atoms with Crippen molar-refractivity contribution in [3.63, 3.8) is 0 Å². The Labute approximate surface area is 129 Å². The quantitative estimate of drug-likeness (QED) is 0.771. The van der Waals surface area contributed by atoms with E-state index in [9.17, 15) is 17.6 Å². The summed E-state index contributed by atoms with van der Waals surface area (Å²) in [6, 6.07) is 8.43. The fourth-order valence-corrected chi connectivity index (χ4v) is 3.89. The zero-order valence-electron chi connectivity index (χ0n) is 11.4. The van der Waals surface area contributed by atoms with Gasteiger partial charge >= 0.3 is 4.87 Å². The number of halogens is 1. The highest BCUT2D eigenvalue weighted by atomic mass is 32.2. The van der Waals surface area contributed by atoms with Crippen LogP contribution in [0.3, 0.4) is 0 Å². The van der Waals surface area contributed by atoms with Crippen LogP contribution in [0, 0.1) is 12.7 Å². The first-order chi connectivity index (χ1) is 10.3. The van der Waals surface area contributed by atoms with Gasteiger partial charge in [-0.05, 0) is 42.8 Å². The first-order valence-corrected chi connectivity index (χ1v) is 8.57. The van der Waals surface area contributed by atoms with Crippen LogP contribution in [-0.2, 0) is 10.0 Å². The molecule has 0 spiro atoms. The molecule has 3 rings (SSSR count). The highest BCUT2D eigenvalue weighted by Crippen LogP contribution is 2.22. The number of thiazole rings is 1. The third kappa shape index (κ3) is 2.75. The van der Waals surface area contributed by atoms with Gasteiger partial charge in [-0.25, -0.2) is 12.8 Å². The average molecular weight is 338 g/mol. The number of hydrogen-bond donors (Lipinski definition) is 2. The van der Waals surface area contributed by atoms with Gasteiger partial charge in [0.15, 0.2) is 0 Å². The molecule has 1 aromatic heterocycles. The number of aromatic amines is 1. The van der Waals surface area contributed by atoms with Gasteiger partial charge in [-0.2, -0.15) is 0 Å². The lowest BCUT2D eigenvalue weighted by Crippen LogP contribution is -2.13. The van der Waals surface area contributed by atoms with Crippen LogP contribution in [-0.4, -0.2) is 13.4 Å². The summed E-state index contributed by atoms with van der Waals surface area (Å²) in [7, 11) is -3.85. The summed E-state index contributed by atoms with van der Waals surface area (Å²) in [6.45, 7) is 1.59. The molecule has 0 atom stereocenters. The summed E-state index contributed by atoms with van der Waals surface area (Å²) in [6.07, 6.45) is 0. The Morgan fingerprint density at radius 2 is 1.95 bits per heavy atom. The van der Waals surface area contributed by atoms with Crippen molar-refractivity contribution in [2.24, 2.45) is 0 Å². The number of hydrogen-bond acceptors (Lipinski definition) is 4. The van der Waals surface area contributed by atoms with Crippen molar-refractivity contribution >= 4 is 37.3 Å².